The molecule has 134 valence electrons. The molecule has 2 aromatic heterocycles. The summed E-state index contributed by atoms with van der Waals surface area (Å²) in [5.41, 5.74) is 1.15. The molecule has 0 saturated heterocycles. The van der Waals surface area contributed by atoms with Crippen molar-refractivity contribution in [1.82, 2.24) is 15.2 Å². The van der Waals surface area contributed by atoms with E-state index >= 15 is 0 Å². The monoisotopic (exact) mass is 389 g/mol. The maximum atomic E-state index is 12.5. The summed E-state index contributed by atoms with van der Waals surface area (Å²) < 4.78 is 6.11. The Morgan fingerprint density at radius 2 is 1.88 bits per heavy atom. The summed E-state index contributed by atoms with van der Waals surface area (Å²) in [6.07, 6.45) is 8.02. The van der Waals surface area contributed by atoms with Crippen molar-refractivity contribution in [3.63, 3.8) is 0 Å². The number of aromatic nitrogens is 3. The lowest BCUT2D eigenvalue weighted by atomic mass is 10.0. The van der Waals surface area contributed by atoms with Gasteiger partial charge in [-0.2, -0.15) is 5.10 Å². The number of fused-ring (bicyclic) bond motifs is 1. The second-order valence-corrected chi connectivity index (χ2v) is 7.28. The molecule has 5 nitrogen and oxygen atoms in total. The van der Waals surface area contributed by atoms with E-state index in [9.17, 15) is 4.79 Å². The van der Waals surface area contributed by atoms with E-state index in [4.69, 9.17) is 27.9 Å². The lowest BCUT2D eigenvalue weighted by molar-refractivity contribution is 0.212. The van der Waals surface area contributed by atoms with Gasteiger partial charge in [-0.3, -0.25) is 9.78 Å². The number of hydrogen-bond donors (Lipinski definition) is 1. The molecule has 1 fully saturated rings. The van der Waals surface area contributed by atoms with Crippen molar-refractivity contribution in [3.8, 4) is 5.75 Å². The van der Waals surface area contributed by atoms with Crippen LogP contribution in [0.2, 0.25) is 10.0 Å². The van der Waals surface area contributed by atoms with Gasteiger partial charge in [0.2, 0.25) is 0 Å². The van der Waals surface area contributed by atoms with Gasteiger partial charge in [-0.05, 0) is 37.3 Å². The molecule has 0 atom stereocenters. The van der Waals surface area contributed by atoms with Crippen LogP contribution in [0, 0.1) is 0 Å². The van der Waals surface area contributed by atoms with Gasteiger partial charge in [0.05, 0.1) is 27.2 Å². The van der Waals surface area contributed by atoms with E-state index in [2.05, 4.69) is 15.2 Å². The predicted octanol–water partition coefficient (Wildman–Crippen LogP) is 4.54. The minimum Gasteiger partial charge on any atom is -0.490 e. The maximum Gasteiger partial charge on any atom is 0.275 e. The van der Waals surface area contributed by atoms with Crippen molar-refractivity contribution in [2.45, 2.75) is 38.2 Å². The molecular formula is C19H17Cl2N3O2. The van der Waals surface area contributed by atoms with Gasteiger partial charge in [0.25, 0.3) is 5.56 Å². The number of nitrogens with one attached hydrogen (secondary N) is 1. The summed E-state index contributed by atoms with van der Waals surface area (Å²) in [5.74, 6) is 0.603. The Hall–Kier alpha value is -2.11. The van der Waals surface area contributed by atoms with E-state index in [1.54, 1.807) is 12.4 Å². The van der Waals surface area contributed by atoms with Gasteiger partial charge in [0, 0.05) is 24.2 Å². The van der Waals surface area contributed by atoms with Crippen LogP contribution in [0.3, 0.4) is 0 Å². The van der Waals surface area contributed by atoms with E-state index in [1.165, 1.54) is 0 Å². The van der Waals surface area contributed by atoms with Crippen LogP contribution < -0.4 is 10.3 Å². The highest BCUT2D eigenvalue weighted by Gasteiger charge is 2.20. The molecule has 0 unspecified atom stereocenters. The molecule has 3 aromatic rings. The molecule has 26 heavy (non-hydrogen) atoms. The normalized spacial score (nSPS) is 14.8. The van der Waals surface area contributed by atoms with Crippen LogP contribution in [0.5, 0.6) is 5.75 Å². The minimum atomic E-state index is -0.260. The van der Waals surface area contributed by atoms with E-state index in [1.807, 2.05) is 18.2 Å². The fourth-order valence-electron chi connectivity index (χ4n) is 3.43. The SMILES string of the molecule is O=c1[nH]nc(Cc2c(Cl)cncc2Cl)c2cccc(OC3CCCC3)c12. The number of nitrogens with zero attached hydrogens (tertiary/aromatic N) is 2. The average molecular weight is 390 g/mol. The van der Waals surface area contributed by atoms with Crippen LogP contribution in [0.4, 0.5) is 0 Å². The Morgan fingerprint density at radius 1 is 1.15 bits per heavy atom. The summed E-state index contributed by atoms with van der Waals surface area (Å²) in [5, 5.41) is 9.01. The van der Waals surface area contributed by atoms with E-state index in [-0.39, 0.29) is 11.7 Å². The molecule has 7 heteroatoms. The van der Waals surface area contributed by atoms with Gasteiger partial charge in [-0.25, -0.2) is 5.10 Å². The number of aromatic amines is 1. The predicted molar refractivity (Wildman–Crippen MR) is 102 cm³/mol. The number of pyridine rings is 1. The second kappa shape index (κ2) is 7.25. The molecule has 1 aromatic carbocycles. The Bertz CT molecular complexity index is 993. The number of halogens is 2. The highest BCUT2D eigenvalue weighted by molar-refractivity contribution is 6.35. The first-order chi connectivity index (χ1) is 12.6. The first-order valence-corrected chi connectivity index (χ1v) is 9.34. The standard InChI is InChI=1S/C19H17Cl2N3O2/c20-14-9-22-10-15(21)13(14)8-16-12-6-3-7-17(18(12)19(25)24-23-16)26-11-4-1-2-5-11/h3,6-7,9-11H,1-2,4-5,8H2,(H,24,25). The quantitative estimate of drug-likeness (QED) is 0.711. The van der Waals surface area contributed by atoms with Crippen LogP contribution in [0.15, 0.2) is 35.4 Å². The topological polar surface area (TPSA) is 67.9 Å². The van der Waals surface area contributed by atoms with Crippen LogP contribution in [0.1, 0.15) is 36.9 Å². The molecule has 1 saturated carbocycles. The zero-order valence-electron chi connectivity index (χ0n) is 14.0. The third-order valence-corrected chi connectivity index (χ3v) is 5.40. The smallest absolute Gasteiger partial charge is 0.275 e. The third-order valence-electron chi connectivity index (χ3n) is 4.75. The fourth-order valence-corrected chi connectivity index (χ4v) is 3.93. The summed E-state index contributed by atoms with van der Waals surface area (Å²) in [7, 11) is 0. The third kappa shape index (κ3) is 3.29. The van der Waals surface area contributed by atoms with Gasteiger partial charge in [-0.1, -0.05) is 35.3 Å². The Kier molecular flexibility index (Phi) is 4.83. The second-order valence-electron chi connectivity index (χ2n) is 6.46. The molecule has 1 aliphatic rings. The zero-order chi connectivity index (χ0) is 18.1. The molecule has 1 aliphatic carbocycles. The first kappa shape index (κ1) is 17.3. The number of benzene rings is 1. The Balaban J connectivity index is 1.79. The molecular weight excluding hydrogens is 373 g/mol. The lowest BCUT2D eigenvalue weighted by Gasteiger charge is -2.15. The number of ether oxygens (including phenoxy) is 1. The summed E-state index contributed by atoms with van der Waals surface area (Å²) in [4.78, 5) is 16.4. The average Bonchev–Trinajstić information content (AvgIpc) is 3.13. The Labute approximate surface area is 160 Å². The lowest BCUT2D eigenvalue weighted by Crippen LogP contribution is -2.16. The molecule has 0 aliphatic heterocycles. The van der Waals surface area contributed by atoms with Crippen molar-refractivity contribution in [1.29, 1.82) is 0 Å². The van der Waals surface area contributed by atoms with E-state index in [0.29, 0.717) is 33.3 Å². The van der Waals surface area contributed by atoms with Gasteiger partial charge in [0.15, 0.2) is 0 Å². The number of hydrogen-bond acceptors (Lipinski definition) is 4. The van der Waals surface area contributed by atoms with Crippen LogP contribution in [0.25, 0.3) is 10.8 Å². The van der Waals surface area contributed by atoms with Crippen molar-refractivity contribution in [3.05, 3.63) is 62.2 Å². The van der Waals surface area contributed by atoms with Crippen LogP contribution in [-0.4, -0.2) is 21.3 Å². The largest absolute Gasteiger partial charge is 0.490 e. The maximum absolute atomic E-state index is 12.5. The van der Waals surface area contributed by atoms with Gasteiger partial charge < -0.3 is 4.74 Å². The highest BCUT2D eigenvalue weighted by atomic mass is 35.5. The molecule has 0 bridgehead atoms. The molecule has 0 amide bonds. The number of rotatable bonds is 4. The molecule has 4 rings (SSSR count). The summed E-state index contributed by atoms with van der Waals surface area (Å²) in [6.45, 7) is 0. The zero-order valence-corrected chi connectivity index (χ0v) is 15.5. The first-order valence-electron chi connectivity index (χ1n) is 8.58. The van der Waals surface area contributed by atoms with E-state index in [0.717, 1.165) is 36.6 Å². The van der Waals surface area contributed by atoms with Crippen molar-refractivity contribution < 1.29 is 4.74 Å². The number of H-pyrrole nitrogens is 1. The van der Waals surface area contributed by atoms with E-state index < -0.39 is 0 Å². The molecule has 0 radical (unpaired) electrons. The van der Waals surface area contributed by atoms with Gasteiger partial charge in [-0.15, -0.1) is 0 Å². The van der Waals surface area contributed by atoms with Crippen LogP contribution >= 0.6 is 23.2 Å². The molecule has 2 heterocycles. The van der Waals surface area contributed by atoms with Gasteiger partial charge >= 0.3 is 0 Å². The van der Waals surface area contributed by atoms with Crippen LogP contribution in [-0.2, 0) is 6.42 Å². The fraction of sp³-hybridized carbons (Fsp3) is 0.316. The minimum absolute atomic E-state index is 0.167. The highest BCUT2D eigenvalue weighted by Crippen LogP contribution is 2.31. The van der Waals surface area contributed by atoms with Gasteiger partial charge in [0.1, 0.15) is 5.75 Å². The summed E-state index contributed by atoms with van der Waals surface area (Å²) in [6, 6.07) is 5.59. The molecule has 0 spiro atoms. The van der Waals surface area contributed by atoms with Crippen molar-refractivity contribution >= 4 is 34.0 Å². The van der Waals surface area contributed by atoms with Crippen molar-refractivity contribution in [2.75, 3.05) is 0 Å². The Morgan fingerprint density at radius 3 is 2.62 bits per heavy atom. The van der Waals surface area contributed by atoms with Crippen molar-refractivity contribution in [2.24, 2.45) is 0 Å². The summed E-state index contributed by atoms with van der Waals surface area (Å²) >= 11 is 12.5. The molecule has 1 N–H and O–H groups in total.